The van der Waals surface area contributed by atoms with Gasteiger partial charge in [-0.15, -0.1) is 0 Å². The molecule has 0 unspecified atom stereocenters. The molecular formula is C15H14N2O3. The molecule has 5 nitrogen and oxygen atoms in total. The second kappa shape index (κ2) is 6.04. The number of rotatable bonds is 2. The Morgan fingerprint density at radius 2 is 2.20 bits per heavy atom. The van der Waals surface area contributed by atoms with Crippen molar-refractivity contribution in [1.29, 1.82) is 0 Å². The quantitative estimate of drug-likeness (QED) is 0.817. The highest BCUT2D eigenvalue weighted by atomic mass is 16.5. The van der Waals surface area contributed by atoms with E-state index in [-0.39, 0.29) is 18.2 Å². The summed E-state index contributed by atoms with van der Waals surface area (Å²) in [6, 6.07) is 6.96. The number of hydrogen-bond acceptors (Lipinski definition) is 4. The summed E-state index contributed by atoms with van der Waals surface area (Å²) in [7, 11) is 0. The Kier molecular flexibility index (Phi) is 4.18. The molecule has 0 aliphatic heterocycles. The van der Waals surface area contributed by atoms with E-state index in [1.165, 1.54) is 0 Å². The molecule has 0 atom stereocenters. The minimum Gasteiger partial charge on any atom is -0.384 e. The van der Waals surface area contributed by atoms with Crippen molar-refractivity contribution in [2.45, 2.75) is 13.8 Å². The van der Waals surface area contributed by atoms with Gasteiger partial charge in [-0.1, -0.05) is 17.0 Å². The molecule has 0 radical (unpaired) electrons. The number of aliphatic hydroxyl groups excluding tert-OH is 1. The number of carbonyl (C=O) groups excluding carboxylic acids is 1. The molecule has 0 spiro atoms. The lowest BCUT2D eigenvalue weighted by atomic mass is 10.1. The highest BCUT2D eigenvalue weighted by Crippen LogP contribution is 2.17. The lowest BCUT2D eigenvalue weighted by Gasteiger charge is -2.07. The molecule has 2 rings (SSSR count). The monoisotopic (exact) mass is 270 g/mol. The maximum absolute atomic E-state index is 11.9. The standard InChI is InChI=1S/C15H14N2O3/c1-10-8-12(4-3-7-18)5-6-13(10)16-15(19)14-9-11(2)20-17-14/h5-6,8-9,18H,7H2,1-2H3,(H,16,19). The zero-order valence-corrected chi connectivity index (χ0v) is 11.2. The molecule has 5 heteroatoms. The third-order valence-electron chi connectivity index (χ3n) is 2.65. The highest BCUT2D eigenvalue weighted by molar-refractivity contribution is 6.03. The van der Waals surface area contributed by atoms with Crippen molar-refractivity contribution in [3.63, 3.8) is 0 Å². The van der Waals surface area contributed by atoms with Crippen LogP contribution in [0.2, 0.25) is 0 Å². The number of nitrogens with zero attached hydrogens (tertiary/aromatic N) is 1. The topological polar surface area (TPSA) is 75.4 Å². The first-order valence-electron chi connectivity index (χ1n) is 6.05. The van der Waals surface area contributed by atoms with Crippen molar-refractivity contribution < 1.29 is 14.4 Å². The van der Waals surface area contributed by atoms with Crippen LogP contribution in [0.3, 0.4) is 0 Å². The zero-order valence-electron chi connectivity index (χ0n) is 11.2. The van der Waals surface area contributed by atoms with Gasteiger partial charge in [0.1, 0.15) is 12.4 Å². The van der Waals surface area contributed by atoms with Gasteiger partial charge in [0.05, 0.1) is 0 Å². The number of amides is 1. The molecule has 1 aromatic carbocycles. The summed E-state index contributed by atoms with van der Waals surface area (Å²) in [5.41, 5.74) is 2.59. The maximum Gasteiger partial charge on any atom is 0.277 e. The second-order valence-electron chi connectivity index (χ2n) is 4.27. The molecule has 1 heterocycles. The summed E-state index contributed by atoms with van der Waals surface area (Å²) in [6.07, 6.45) is 0. The van der Waals surface area contributed by atoms with Crippen LogP contribution < -0.4 is 5.32 Å². The minimum absolute atomic E-state index is 0.178. The predicted molar refractivity (Wildman–Crippen MR) is 74.3 cm³/mol. The molecule has 1 amide bonds. The zero-order chi connectivity index (χ0) is 14.5. The van der Waals surface area contributed by atoms with Gasteiger partial charge in [-0.05, 0) is 37.6 Å². The Balaban J connectivity index is 2.16. The van der Waals surface area contributed by atoms with E-state index >= 15 is 0 Å². The lowest BCUT2D eigenvalue weighted by molar-refractivity contribution is 0.101. The van der Waals surface area contributed by atoms with Crippen molar-refractivity contribution in [2.75, 3.05) is 11.9 Å². The fourth-order valence-electron chi connectivity index (χ4n) is 1.68. The molecule has 0 saturated heterocycles. The van der Waals surface area contributed by atoms with Gasteiger partial charge >= 0.3 is 0 Å². The summed E-state index contributed by atoms with van der Waals surface area (Å²) in [5.74, 6) is 5.65. The van der Waals surface area contributed by atoms with Crippen LogP contribution >= 0.6 is 0 Å². The average molecular weight is 270 g/mol. The first-order chi connectivity index (χ1) is 9.60. The van der Waals surface area contributed by atoms with E-state index in [1.54, 1.807) is 25.1 Å². The van der Waals surface area contributed by atoms with Crippen LogP contribution in [0.25, 0.3) is 0 Å². The molecule has 2 N–H and O–H groups in total. The smallest absolute Gasteiger partial charge is 0.277 e. The number of aliphatic hydroxyl groups is 1. The van der Waals surface area contributed by atoms with Crippen molar-refractivity contribution in [3.05, 3.63) is 46.8 Å². The number of hydrogen-bond donors (Lipinski definition) is 2. The summed E-state index contributed by atoms with van der Waals surface area (Å²) in [4.78, 5) is 11.9. The Morgan fingerprint density at radius 1 is 1.40 bits per heavy atom. The van der Waals surface area contributed by atoms with Crippen LogP contribution in [0.1, 0.15) is 27.4 Å². The van der Waals surface area contributed by atoms with Gasteiger partial charge in [0.15, 0.2) is 5.69 Å². The average Bonchev–Trinajstić information content (AvgIpc) is 2.86. The highest BCUT2D eigenvalue weighted by Gasteiger charge is 2.12. The Labute approximate surface area is 116 Å². The minimum atomic E-state index is -0.320. The van der Waals surface area contributed by atoms with Gasteiger partial charge in [-0.25, -0.2) is 0 Å². The van der Waals surface area contributed by atoms with Crippen molar-refractivity contribution >= 4 is 11.6 Å². The van der Waals surface area contributed by atoms with Gasteiger partial charge in [0.25, 0.3) is 5.91 Å². The van der Waals surface area contributed by atoms with Gasteiger partial charge in [0.2, 0.25) is 0 Å². The number of benzene rings is 1. The van der Waals surface area contributed by atoms with E-state index < -0.39 is 0 Å². The molecule has 0 bridgehead atoms. The molecule has 1 aromatic heterocycles. The van der Waals surface area contributed by atoms with E-state index in [1.807, 2.05) is 13.0 Å². The van der Waals surface area contributed by atoms with Crippen molar-refractivity contribution in [1.82, 2.24) is 5.16 Å². The molecule has 2 aromatic rings. The number of nitrogens with one attached hydrogen (secondary N) is 1. The number of aromatic nitrogens is 1. The first-order valence-corrected chi connectivity index (χ1v) is 6.05. The fourth-order valence-corrected chi connectivity index (χ4v) is 1.68. The third-order valence-corrected chi connectivity index (χ3v) is 2.65. The van der Waals surface area contributed by atoms with E-state index in [0.29, 0.717) is 11.4 Å². The third kappa shape index (κ3) is 3.25. The number of anilines is 1. The predicted octanol–water partition coefficient (Wildman–Crippen LogP) is 1.89. The van der Waals surface area contributed by atoms with Gasteiger partial charge in [-0.2, -0.15) is 0 Å². The molecule has 20 heavy (non-hydrogen) atoms. The van der Waals surface area contributed by atoms with Crippen LogP contribution in [-0.2, 0) is 0 Å². The van der Waals surface area contributed by atoms with E-state index in [4.69, 9.17) is 9.63 Å². The largest absolute Gasteiger partial charge is 0.384 e. The normalized spacial score (nSPS) is 9.75. The summed E-state index contributed by atoms with van der Waals surface area (Å²) < 4.78 is 4.86. The fraction of sp³-hybridized carbons (Fsp3) is 0.200. The summed E-state index contributed by atoms with van der Waals surface area (Å²) in [5, 5.41) is 15.1. The molecule has 0 aliphatic rings. The lowest BCUT2D eigenvalue weighted by Crippen LogP contribution is -2.13. The molecule has 0 aliphatic carbocycles. The van der Waals surface area contributed by atoms with Crippen molar-refractivity contribution in [3.8, 4) is 11.8 Å². The maximum atomic E-state index is 11.9. The van der Waals surface area contributed by atoms with Crippen LogP contribution in [0.15, 0.2) is 28.8 Å². The Morgan fingerprint density at radius 3 is 2.80 bits per heavy atom. The molecular weight excluding hydrogens is 256 g/mol. The summed E-state index contributed by atoms with van der Waals surface area (Å²) in [6.45, 7) is 3.42. The van der Waals surface area contributed by atoms with E-state index in [2.05, 4.69) is 22.3 Å². The van der Waals surface area contributed by atoms with Crippen LogP contribution in [-0.4, -0.2) is 22.8 Å². The van der Waals surface area contributed by atoms with Crippen molar-refractivity contribution in [2.24, 2.45) is 0 Å². The first kappa shape index (κ1) is 13.8. The summed E-state index contributed by atoms with van der Waals surface area (Å²) >= 11 is 0. The Hall–Kier alpha value is -2.58. The molecule has 102 valence electrons. The van der Waals surface area contributed by atoms with Gasteiger partial charge in [0, 0.05) is 17.3 Å². The second-order valence-corrected chi connectivity index (χ2v) is 4.27. The van der Waals surface area contributed by atoms with Gasteiger partial charge < -0.3 is 14.9 Å². The molecule has 0 saturated carbocycles. The van der Waals surface area contributed by atoms with Crippen LogP contribution in [0, 0.1) is 25.7 Å². The van der Waals surface area contributed by atoms with E-state index in [0.717, 1.165) is 11.1 Å². The van der Waals surface area contributed by atoms with E-state index in [9.17, 15) is 4.79 Å². The number of aryl methyl sites for hydroxylation is 2. The SMILES string of the molecule is Cc1cc(C(=O)Nc2ccc(C#CCO)cc2C)no1. The number of carbonyl (C=O) groups is 1. The molecule has 0 fully saturated rings. The van der Waals surface area contributed by atoms with Crippen LogP contribution in [0.5, 0.6) is 0 Å². The van der Waals surface area contributed by atoms with Crippen LogP contribution in [0.4, 0.5) is 5.69 Å². The van der Waals surface area contributed by atoms with Gasteiger partial charge in [-0.3, -0.25) is 4.79 Å². The Bertz CT molecular complexity index is 693.